The smallest absolute Gasteiger partial charge is 0.335 e. The minimum atomic E-state index is -3.85. The first-order valence-corrected chi connectivity index (χ1v) is 10.4. The zero-order valence-electron chi connectivity index (χ0n) is 15.8. The van der Waals surface area contributed by atoms with Crippen molar-refractivity contribution in [1.82, 2.24) is 4.72 Å². The minimum Gasteiger partial charge on any atom is -0.478 e. The van der Waals surface area contributed by atoms with Crippen LogP contribution < -0.4 is 10.0 Å². The predicted molar refractivity (Wildman–Crippen MR) is 107 cm³/mol. The van der Waals surface area contributed by atoms with E-state index in [1.165, 1.54) is 18.2 Å². The van der Waals surface area contributed by atoms with E-state index < -0.39 is 16.0 Å². The van der Waals surface area contributed by atoms with E-state index in [0.29, 0.717) is 24.6 Å². The van der Waals surface area contributed by atoms with Gasteiger partial charge in [-0.2, -0.15) is 0 Å². The highest BCUT2D eigenvalue weighted by molar-refractivity contribution is 7.89. The van der Waals surface area contributed by atoms with Gasteiger partial charge in [0.15, 0.2) is 0 Å². The number of aromatic carboxylic acids is 1. The molecule has 1 atom stereocenters. The third kappa shape index (κ3) is 5.80. The molecule has 7 heteroatoms. The van der Waals surface area contributed by atoms with Crippen LogP contribution in [0.25, 0.3) is 0 Å². The van der Waals surface area contributed by atoms with Crippen LogP contribution in [0.4, 0.5) is 5.69 Å². The van der Waals surface area contributed by atoms with Crippen molar-refractivity contribution in [2.24, 2.45) is 5.92 Å². The minimum absolute atomic E-state index is 0.0612. The number of benzene rings is 2. The summed E-state index contributed by atoms with van der Waals surface area (Å²) < 4.78 is 28.1. The fourth-order valence-corrected chi connectivity index (χ4v) is 3.86. The quantitative estimate of drug-likeness (QED) is 0.604. The highest BCUT2D eigenvalue weighted by atomic mass is 32.2. The Morgan fingerprint density at radius 2 is 1.74 bits per heavy atom. The molecule has 0 heterocycles. The lowest BCUT2D eigenvalue weighted by Gasteiger charge is -2.19. The Morgan fingerprint density at radius 3 is 2.33 bits per heavy atom. The van der Waals surface area contributed by atoms with Crippen molar-refractivity contribution in [2.45, 2.75) is 38.1 Å². The molecule has 3 N–H and O–H groups in total. The number of sulfonamides is 1. The molecule has 0 aliphatic carbocycles. The molecule has 0 saturated carbocycles. The monoisotopic (exact) mass is 390 g/mol. The highest BCUT2D eigenvalue weighted by Crippen LogP contribution is 2.27. The summed E-state index contributed by atoms with van der Waals surface area (Å²) in [5.41, 5.74) is 1.29. The van der Waals surface area contributed by atoms with Crippen molar-refractivity contribution in [3.05, 3.63) is 59.7 Å². The first kappa shape index (κ1) is 20.9. The average molecular weight is 391 g/mol. The molecule has 2 rings (SSSR count). The summed E-state index contributed by atoms with van der Waals surface area (Å²) >= 11 is 0. The Morgan fingerprint density at radius 1 is 1.07 bits per heavy atom. The van der Waals surface area contributed by atoms with Crippen molar-refractivity contribution in [2.75, 3.05) is 11.9 Å². The van der Waals surface area contributed by atoms with Crippen LogP contribution >= 0.6 is 0 Å². The van der Waals surface area contributed by atoms with Crippen molar-refractivity contribution in [1.29, 1.82) is 0 Å². The molecule has 0 amide bonds. The van der Waals surface area contributed by atoms with Crippen LogP contribution in [0.15, 0.2) is 53.4 Å². The number of anilines is 1. The van der Waals surface area contributed by atoms with Gasteiger partial charge in [0.25, 0.3) is 0 Å². The van der Waals surface area contributed by atoms with Crippen LogP contribution in [0.2, 0.25) is 0 Å². The van der Waals surface area contributed by atoms with E-state index in [1.807, 2.05) is 51.1 Å². The fourth-order valence-electron chi connectivity index (χ4n) is 2.61. The van der Waals surface area contributed by atoms with E-state index in [4.69, 9.17) is 0 Å². The molecule has 146 valence electrons. The van der Waals surface area contributed by atoms with Gasteiger partial charge in [0.05, 0.1) is 11.3 Å². The van der Waals surface area contributed by atoms with E-state index in [-0.39, 0.29) is 16.5 Å². The SMILES string of the molecule is CC(C)CCNS(=O)(=O)c1cc(C(=O)O)ccc1NC(C)c1ccccc1. The second-order valence-electron chi connectivity index (χ2n) is 6.87. The molecule has 0 aliphatic rings. The van der Waals surface area contributed by atoms with Gasteiger partial charge in [-0.3, -0.25) is 0 Å². The van der Waals surface area contributed by atoms with Gasteiger partial charge in [-0.1, -0.05) is 44.2 Å². The lowest BCUT2D eigenvalue weighted by Crippen LogP contribution is -2.27. The predicted octanol–water partition coefficient (Wildman–Crippen LogP) is 3.88. The third-order valence-electron chi connectivity index (χ3n) is 4.20. The Hall–Kier alpha value is -2.38. The maximum absolute atomic E-state index is 12.8. The number of hydrogen-bond donors (Lipinski definition) is 3. The zero-order chi connectivity index (χ0) is 20.0. The van der Waals surface area contributed by atoms with Gasteiger partial charge in [-0.05, 0) is 43.0 Å². The van der Waals surface area contributed by atoms with Crippen molar-refractivity contribution in [3.8, 4) is 0 Å². The van der Waals surface area contributed by atoms with Gasteiger partial charge < -0.3 is 10.4 Å². The van der Waals surface area contributed by atoms with Gasteiger partial charge in [-0.25, -0.2) is 17.9 Å². The summed E-state index contributed by atoms with van der Waals surface area (Å²) in [6.07, 6.45) is 0.695. The third-order valence-corrected chi connectivity index (χ3v) is 5.70. The Balaban J connectivity index is 2.35. The molecular formula is C20H26N2O4S. The van der Waals surface area contributed by atoms with E-state index >= 15 is 0 Å². The molecule has 1 unspecified atom stereocenters. The Kier molecular flexibility index (Phi) is 6.98. The maximum Gasteiger partial charge on any atom is 0.335 e. The normalized spacial score (nSPS) is 12.7. The molecular weight excluding hydrogens is 364 g/mol. The summed E-state index contributed by atoms with van der Waals surface area (Å²) in [6, 6.07) is 13.6. The topological polar surface area (TPSA) is 95.5 Å². The summed E-state index contributed by atoms with van der Waals surface area (Å²) in [6.45, 7) is 6.23. The highest BCUT2D eigenvalue weighted by Gasteiger charge is 2.22. The molecule has 27 heavy (non-hydrogen) atoms. The molecule has 0 saturated heterocycles. The van der Waals surface area contributed by atoms with E-state index in [9.17, 15) is 18.3 Å². The van der Waals surface area contributed by atoms with E-state index in [1.54, 1.807) is 0 Å². The van der Waals surface area contributed by atoms with Gasteiger partial charge in [0, 0.05) is 12.6 Å². The molecule has 0 spiro atoms. The number of carboxylic acids is 1. The molecule has 0 bridgehead atoms. The first-order valence-electron chi connectivity index (χ1n) is 8.89. The molecule has 6 nitrogen and oxygen atoms in total. The second kappa shape index (κ2) is 9.01. The lowest BCUT2D eigenvalue weighted by atomic mass is 10.1. The number of carboxylic acid groups (broad SMARTS) is 1. The van der Waals surface area contributed by atoms with E-state index in [0.717, 1.165) is 5.56 Å². The van der Waals surface area contributed by atoms with Crippen LogP contribution in [-0.2, 0) is 10.0 Å². The first-order chi connectivity index (χ1) is 12.7. The van der Waals surface area contributed by atoms with Gasteiger partial charge in [-0.15, -0.1) is 0 Å². The average Bonchev–Trinajstić information content (AvgIpc) is 2.62. The number of nitrogens with one attached hydrogen (secondary N) is 2. The molecule has 0 aromatic heterocycles. The summed E-state index contributed by atoms with van der Waals surface area (Å²) in [4.78, 5) is 11.2. The fraction of sp³-hybridized carbons (Fsp3) is 0.350. The molecule has 0 aliphatic heterocycles. The standard InChI is InChI=1S/C20H26N2O4S/c1-14(2)11-12-21-27(25,26)19-13-17(20(23)24)9-10-18(19)22-15(3)16-7-5-4-6-8-16/h4-10,13-15,21-22H,11-12H2,1-3H3,(H,23,24). The van der Waals surface area contributed by atoms with Crippen LogP contribution in [0.3, 0.4) is 0 Å². The van der Waals surface area contributed by atoms with Gasteiger partial charge >= 0.3 is 5.97 Å². The van der Waals surface area contributed by atoms with Crippen molar-refractivity contribution < 1.29 is 18.3 Å². The van der Waals surface area contributed by atoms with Gasteiger partial charge in [0.1, 0.15) is 4.90 Å². The second-order valence-corrected chi connectivity index (χ2v) is 8.61. The molecule has 2 aromatic rings. The molecule has 0 radical (unpaired) electrons. The molecule has 2 aromatic carbocycles. The maximum atomic E-state index is 12.8. The van der Waals surface area contributed by atoms with Crippen molar-refractivity contribution >= 4 is 21.7 Å². The molecule has 0 fully saturated rings. The van der Waals surface area contributed by atoms with Crippen LogP contribution in [0, 0.1) is 5.92 Å². The van der Waals surface area contributed by atoms with Crippen LogP contribution in [0.5, 0.6) is 0 Å². The van der Waals surface area contributed by atoms with Gasteiger partial charge in [0.2, 0.25) is 10.0 Å². The van der Waals surface area contributed by atoms with Crippen LogP contribution in [0.1, 0.15) is 49.2 Å². The summed E-state index contributed by atoms with van der Waals surface area (Å²) in [7, 11) is -3.85. The number of carbonyl (C=O) groups is 1. The Labute approximate surface area is 160 Å². The zero-order valence-corrected chi connectivity index (χ0v) is 16.6. The number of hydrogen-bond acceptors (Lipinski definition) is 4. The van der Waals surface area contributed by atoms with Crippen LogP contribution in [-0.4, -0.2) is 26.0 Å². The Bertz CT molecular complexity index is 880. The largest absolute Gasteiger partial charge is 0.478 e. The van der Waals surface area contributed by atoms with E-state index in [2.05, 4.69) is 10.0 Å². The lowest BCUT2D eigenvalue weighted by molar-refractivity contribution is 0.0696. The number of rotatable bonds is 9. The van der Waals surface area contributed by atoms with Crippen molar-refractivity contribution in [3.63, 3.8) is 0 Å². The summed E-state index contributed by atoms with van der Waals surface area (Å²) in [5.74, 6) is -0.815. The summed E-state index contributed by atoms with van der Waals surface area (Å²) in [5, 5.41) is 12.4.